The normalized spacial score (nSPS) is 13.3. The molecule has 1 aromatic heterocycles. The van der Waals surface area contributed by atoms with Crippen molar-refractivity contribution >= 4 is 48.1 Å². The van der Waals surface area contributed by atoms with Gasteiger partial charge in [-0.1, -0.05) is 91.8 Å². The van der Waals surface area contributed by atoms with E-state index in [1.807, 2.05) is 0 Å². The summed E-state index contributed by atoms with van der Waals surface area (Å²) in [5.74, 6) is 1.92. The van der Waals surface area contributed by atoms with E-state index in [2.05, 4.69) is 172 Å². The summed E-state index contributed by atoms with van der Waals surface area (Å²) in [5, 5.41) is 0. The molecule has 4 rings (SSSR count). The van der Waals surface area contributed by atoms with Crippen molar-refractivity contribution in [3.8, 4) is 0 Å². The van der Waals surface area contributed by atoms with Crippen molar-refractivity contribution in [3.05, 3.63) is 82.4 Å². The minimum atomic E-state index is -0.532. The SMILES string of the molecule is CC(C)c1cccc(C(C)C)c1N1[B]N(c2c(C(C)C)cccc2C(C)C)C=C1.Cc1c(C)[n+](C(C)C)[c]([Ge][Cl])n1C(C)C. The van der Waals surface area contributed by atoms with Crippen molar-refractivity contribution < 1.29 is 4.57 Å². The molecular weight excluding hydrogens is 619 g/mol. The van der Waals surface area contributed by atoms with E-state index in [0.29, 0.717) is 35.8 Å². The molecule has 2 heterocycles. The summed E-state index contributed by atoms with van der Waals surface area (Å²) in [7, 11) is 8.46. The van der Waals surface area contributed by atoms with E-state index in [4.69, 9.17) is 10.0 Å². The molecule has 0 fully saturated rings. The van der Waals surface area contributed by atoms with Crippen molar-refractivity contribution in [2.45, 2.75) is 133 Å². The number of benzene rings is 2. The summed E-state index contributed by atoms with van der Waals surface area (Å²) >= 11 is -0.532. The summed E-state index contributed by atoms with van der Waals surface area (Å²) in [6.07, 6.45) is 4.43. The van der Waals surface area contributed by atoms with Gasteiger partial charge in [0, 0.05) is 23.8 Å². The Morgan fingerprint density at radius 2 is 1.00 bits per heavy atom. The van der Waals surface area contributed by atoms with Crippen LogP contribution in [-0.2, 0) is 0 Å². The molecule has 44 heavy (non-hydrogen) atoms. The van der Waals surface area contributed by atoms with Crippen LogP contribution in [0.4, 0.5) is 11.4 Å². The second kappa shape index (κ2) is 15.5. The molecule has 1 aliphatic rings. The molecule has 0 aliphatic carbocycles. The summed E-state index contributed by atoms with van der Waals surface area (Å²) in [4.78, 5) is 4.65. The van der Waals surface area contributed by atoms with Gasteiger partial charge < -0.3 is 9.62 Å². The molecule has 0 amide bonds. The van der Waals surface area contributed by atoms with E-state index in [9.17, 15) is 0 Å². The number of aromatic nitrogens is 2. The molecule has 0 spiro atoms. The number of halogens is 1. The van der Waals surface area contributed by atoms with Gasteiger partial charge in [0.25, 0.3) is 0 Å². The fourth-order valence-electron chi connectivity index (χ4n) is 6.38. The van der Waals surface area contributed by atoms with Crippen LogP contribution >= 0.6 is 10.0 Å². The first-order valence-electron chi connectivity index (χ1n) is 16.5. The minimum absolute atomic E-state index is 0.480. The van der Waals surface area contributed by atoms with Gasteiger partial charge in [0.05, 0.1) is 0 Å². The van der Waals surface area contributed by atoms with Gasteiger partial charge in [0.2, 0.25) is 0 Å². The number of hydrogen-bond donors (Lipinski definition) is 0. The number of nitrogens with zero attached hydrogens (tertiary/aromatic N) is 4. The Balaban J connectivity index is 0.000000297. The summed E-state index contributed by atoms with van der Waals surface area (Å²) in [5.41, 5.74) is 11.0. The van der Waals surface area contributed by atoms with E-state index < -0.39 is 14.5 Å². The summed E-state index contributed by atoms with van der Waals surface area (Å²) in [6.45, 7) is 31.5. The molecule has 0 bridgehead atoms. The van der Waals surface area contributed by atoms with E-state index in [1.54, 1.807) is 0 Å². The molecule has 1 aliphatic heterocycles. The first-order valence-corrected chi connectivity index (χ1v) is 20.3. The quantitative estimate of drug-likeness (QED) is 0.166. The molecule has 7 heteroatoms. The maximum absolute atomic E-state index is 6.19. The van der Waals surface area contributed by atoms with Crippen LogP contribution < -0.4 is 18.8 Å². The zero-order chi connectivity index (χ0) is 33.0. The van der Waals surface area contributed by atoms with Crippen LogP contribution in [-0.4, -0.2) is 26.6 Å². The average molecular weight is 676 g/mol. The fourth-order valence-corrected chi connectivity index (χ4v) is 9.49. The number of hydrogen-bond acceptors (Lipinski definition) is 2. The molecule has 3 aromatic rings. The Kier molecular flexibility index (Phi) is 12.8. The van der Waals surface area contributed by atoms with Gasteiger partial charge in [-0.25, -0.2) is 0 Å². The maximum atomic E-state index is 6.19. The zero-order valence-corrected chi connectivity index (χ0v) is 32.7. The van der Waals surface area contributed by atoms with Gasteiger partial charge in [0.1, 0.15) is 0 Å². The van der Waals surface area contributed by atoms with E-state index in [0.717, 1.165) is 0 Å². The molecule has 0 saturated heterocycles. The Morgan fingerprint density at radius 3 is 1.27 bits per heavy atom. The predicted octanol–water partition coefficient (Wildman–Crippen LogP) is 9.55. The molecule has 237 valence electrons. The molecule has 4 nitrogen and oxygen atoms in total. The number of imidazole rings is 1. The van der Waals surface area contributed by atoms with Crippen LogP contribution in [0.1, 0.15) is 152 Å². The second-order valence-corrected chi connectivity index (χ2v) is 16.3. The predicted molar refractivity (Wildman–Crippen MR) is 195 cm³/mol. The van der Waals surface area contributed by atoms with Crippen LogP contribution in [0.25, 0.3) is 0 Å². The fraction of sp³-hybridized carbons (Fsp3) is 0.541. The monoisotopic (exact) mass is 676 g/mol. The zero-order valence-electron chi connectivity index (χ0n) is 29.8. The van der Waals surface area contributed by atoms with Crippen LogP contribution in [0.5, 0.6) is 0 Å². The average Bonchev–Trinajstić information content (AvgIpc) is 3.54. The Bertz CT molecular complexity index is 1280. The van der Waals surface area contributed by atoms with Crippen LogP contribution in [0.3, 0.4) is 0 Å². The van der Waals surface area contributed by atoms with Crippen molar-refractivity contribution in [3.63, 3.8) is 0 Å². The number of rotatable bonds is 9. The number of anilines is 2. The molecule has 0 N–H and O–H groups in total. The third-order valence-electron chi connectivity index (χ3n) is 8.66. The summed E-state index contributed by atoms with van der Waals surface area (Å²) in [6, 6.07) is 14.5. The van der Waals surface area contributed by atoms with E-state index in [1.165, 1.54) is 49.7 Å². The van der Waals surface area contributed by atoms with Gasteiger partial charge >= 0.3 is 111 Å². The molecule has 2 aromatic carbocycles. The number of para-hydroxylation sites is 2. The van der Waals surface area contributed by atoms with Crippen LogP contribution in [0.2, 0.25) is 0 Å². The van der Waals surface area contributed by atoms with Gasteiger partial charge in [-0.3, -0.25) is 0 Å². The van der Waals surface area contributed by atoms with Crippen molar-refractivity contribution in [2.24, 2.45) is 0 Å². The third-order valence-corrected chi connectivity index (χ3v) is 10.9. The Morgan fingerprint density at radius 1 is 0.636 bits per heavy atom. The molecule has 0 saturated carbocycles. The Hall–Kier alpha value is -2.11. The van der Waals surface area contributed by atoms with E-state index in [-0.39, 0.29) is 0 Å². The van der Waals surface area contributed by atoms with Gasteiger partial charge in [-0.2, -0.15) is 0 Å². The second-order valence-electron chi connectivity index (χ2n) is 13.9. The molecule has 0 atom stereocenters. The molecular formula is C37H56BClGeN4+. The van der Waals surface area contributed by atoms with Crippen LogP contribution in [0, 0.1) is 13.8 Å². The Labute approximate surface area is 280 Å². The topological polar surface area (TPSA) is 15.3 Å². The van der Waals surface area contributed by atoms with E-state index >= 15 is 0 Å². The van der Waals surface area contributed by atoms with Gasteiger partial charge in [0.15, 0.2) is 0 Å². The molecule has 3 radical (unpaired) electrons. The standard InChI is InChI=1S/C26H36BN2.C11H20ClGeN2/c1-17(2)21-11-9-12-22(18(3)4)25(21)28-15-16-29(27-28)26-23(19(5)6)13-10-14-24(26)20(7)8;1-7(2)14-9(5)10(6)15(8(3)4)11(14)13-12/h9-20H,1-8H3;7-8H,1-6H3/q;+1. The van der Waals surface area contributed by atoms with Crippen molar-refractivity contribution in [2.75, 3.05) is 9.62 Å². The third kappa shape index (κ3) is 7.63. The molecule has 0 unspecified atom stereocenters. The van der Waals surface area contributed by atoms with Crippen LogP contribution in [0.15, 0.2) is 48.8 Å². The van der Waals surface area contributed by atoms with Gasteiger partial charge in [-0.15, -0.1) is 0 Å². The van der Waals surface area contributed by atoms with Gasteiger partial charge in [-0.05, 0) is 45.9 Å². The van der Waals surface area contributed by atoms with Crippen molar-refractivity contribution in [1.29, 1.82) is 0 Å². The van der Waals surface area contributed by atoms with Crippen molar-refractivity contribution in [1.82, 2.24) is 4.57 Å². The summed E-state index contributed by atoms with van der Waals surface area (Å²) < 4.78 is 6.13. The first-order chi connectivity index (χ1) is 20.6. The first kappa shape index (κ1) is 36.4.